The number of aromatic nitrogens is 1. The van der Waals surface area contributed by atoms with Gasteiger partial charge in [-0.3, -0.25) is 19.3 Å². The Morgan fingerprint density at radius 1 is 1.03 bits per heavy atom. The van der Waals surface area contributed by atoms with Crippen molar-refractivity contribution in [3.63, 3.8) is 0 Å². The van der Waals surface area contributed by atoms with Gasteiger partial charge in [0.1, 0.15) is 0 Å². The number of carbonyl (C=O) groups is 4. The fourth-order valence-corrected chi connectivity index (χ4v) is 4.76. The van der Waals surface area contributed by atoms with E-state index in [0.29, 0.717) is 34.8 Å². The van der Waals surface area contributed by atoms with Crippen molar-refractivity contribution in [3.8, 4) is 0 Å². The van der Waals surface area contributed by atoms with Crippen molar-refractivity contribution in [1.82, 2.24) is 4.57 Å². The van der Waals surface area contributed by atoms with Gasteiger partial charge in [0.2, 0.25) is 11.8 Å². The van der Waals surface area contributed by atoms with Gasteiger partial charge in [-0.05, 0) is 49.4 Å². The van der Waals surface area contributed by atoms with Crippen molar-refractivity contribution in [2.24, 2.45) is 4.99 Å². The number of benzene rings is 2. The molecule has 1 aliphatic heterocycles. The first-order valence-electron chi connectivity index (χ1n) is 10.8. The SMILES string of the molecule is CCOC(=O)c1ccc2c(c1)sc(=NC(=O)c1ccc(N3C(=O)CCC3=O)cc1)n2CCOC. The fraction of sp³-hybridized carbons (Fsp3) is 0.292. The van der Waals surface area contributed by atoms with E-state index in [0.717, 1.165) is 15.1 Å². The van der Waals surface area contributed by atoms with Crippen LogP contribution in [0.25, 0.3) is 10.2 Å². The molecule has 0 N–H and O–H groups in total. The Bertz CT molecular complexity index is 1320. The van der Waals surface area contributed by atoms with E-state index < -0.39 is 11.9 Å². The number of esters is 1. The molecule has 0 atom stereocenters. The highest BCUT2D eigenvalue weighted by molar-refractivity contribution is 7.16. The van der Waals surface area contributed by atoms with Crippen LogP contribution in [0.4, 0.5) is 5.69 Å². The molecule has 0 radical (unpaired) electrons. The first kappa shape index (κ1) is 23.5. The molecule has 0 saturated carbocycles. The summed E-state index contributed by atoms with van der Waals surface area (Å²) in [5, 5.41) is 0. The highest BCUT2D eigenvalue weighted by atomic mass is 32.1. The first-order valence-corrected chi connectivity index (χ1v) is 11.6. The maximum atomic E-state index is 12.9. The van der Waals surface area contributed by atoms with Crippen LogP contribution >= 0.6 is 11.3 Å². The minimum atomic E-state index is -0.464. The van der Waals surface area contributed by atoms with Crippen LogP contribution in [0.3, 0.4) is 0 Å². The fourth-order valence-electron chi connectivity index (χ4n) is 3.67. The van der Waals surface area contributed by atoms with E-state index in [-0.39, 0.29) is 31.3 Å². The minimum absolute atomic E-state index is 0.195. The van der Waals surface area contributed by atoms with Crippen molar-refractivity contribution < 1.29 is 28.7 Å². The molecule has 1 fully saturated rings. The van der Waals surface area contributed by atoms with E-state index in [2.05, 4.69) is 4.99 Å². The Morgan fingerprint density at radius 3 is 2.35 bits per heavy atom. The van der Waals surface area contributed by atoms with Crippen LogP contribution in [-0.2, 0) is 25.6 Å². The van der Waals surface area contributed by atoms with Crippen LogP contribution in [0.2, 0.25) is 0 Å². The van der Waals surface area contributed by atoms with Crippen LogP contribution in [0.1, 0.15) is 40.5 Å². The van der Waals surface area contributed by atoms with Crippen molar-refractivity contribution in [2.75, 3.05) is 25.2 Å². The molecule has 3 amide bonds. The second kappa shape index (κ2) is 10.1. The molecule has 1 saturated heterocycles. The van der Waals surface area contributed by atoms with E-state index in [4.69, 9.17) is 9.47 Å². The Kier molecular flexibility index (Phi) is 6.99. The molecular weight excluding hydrogens is 458 g/mol. The molecule has 1 aliphatic rings. The Balaban J connectivity index is 1.68. The van der Waals surface area contributed by atoms with Gasteiger partial charge < -0.3 is 14.0 Å². The molecule has 10 heteroatoms. The predicted octanol–water partition coefficient (Wildman–Crippen LogP) is 2.92. The lowest BCUT2D eigenvalue weighted by molar-refractivity contribution is -0.121. The Hall–Kier alpha value is -3.63. The van der Waals surface area contributed by atoms with E-state index in [1.807, 2.05) is 4.57 Å². The van der Waals surface area contributed by atoms with Crippen LogP contribution in [0.15, 0.2) is 47.5 Å². The zero-order valence-corrected chi connectivity index (χ0v) is 19.6. The second-order valence-corrected chi connectivity index (χ2v) is 8.53. The van der Waals surface area contributed by atoms with Gasteiger partial charge in [-0.15, -0.1) is 0 Å². The van der Waals surface area contributed by atoms with E-state index in [1.54, 1.807) is 56.5 Å². The number of nitrogens with zero attached hydrogens (tertiary/aromatic N) is 3. The van der Waals surface area contributed by atoms with Gasteiger partial charge in [0.25, 0.3) is 5.91 Å². The summed E-state index contributed by atoms with van der Waals surface area (Å²) in [7, 11) is 1.59. The number of thiazole rings is 1. The van der Waals surface area contributed by atoms with Crippen molar-refractivity contribution in [2.45, 2.75) is 26.3 Å². The van der Waals surface area contributed by atoms with Gasteiger partial charge in [-0.1, -0.05) is 11.3 Å². The predicted molar refractivity (Wildman–Crippen MR) is 126 cm³/mol. The molecule has 9 nitrogen and oxygen atoms in total. The average Bonchev–Trinajstić information content (AvgIpc) is 3.35. The molecule has 0 bridgehead atoms. The maximum absolute atomic E-state index is 12.9. The third kappa shape index (κ3) is 4.68. The summed E-state index contributed by atoms with van der Waals surface area (Å²) in [4.78, 5) is 54.8. The minimum Gasteiger partial charge on any atom is -0.462 e. The highest BCUT2D eigenvalue weighted by Crippen LogP contribution is 2.23. The number of hydrogen-bond acceptors (Lipinski definition) is 7. The third-order valence-electron chi connectivity index (χ3n) is 5.33. The van der Waals surface area contributed by atoms with E-state index >= 15 is 0 Å². The molecule has 1 aromatic heterocycles. The lowest BCUT2D eigenvalue weighted by Gasteiger charge is -2.13. The maximum Gasteiger partial charge on any atom is 0.338 e. The zero-order valence-electron chi connectivity index (χ0n) is 18.8. The number of methoxy groups -OCH3 is 1. The molecular formula is C24H23N3O6S. The van der Waals surface area contributed by atoms with Crippen LogP contribution < -0.4 is 9.70 Å². The summed E-state index contributed by atoms with van der Waals surface area (Å²) in [5.41, 5.74) is 2.01. The number of amides is 3. The van der Waals surface area contributed by atoms with E-state index in [9.17, 15) is 19.2 Å². The van der Waals surface area contributed by atoms with Crippen LogP contribution in [0, 0.1) is 0 Å². The van der Waals surface area contributed by atoms with Gasteiger partial charge in [-0.25, -0.2) is 4.79 Å². The number of imide groups is 1. The van der Waals surface area contributed by atoms with Gasteiger partial charge in [-0.2, -0.15) is 4.99 Å². The monoisotopic (exact) mass is 481 g/mol. The number of carbonyl (C=O) groups excluding carboxylic acids is 4. The van der Waals surface area contributed by atoms with E-state index in [1.165, 1.54) is 11.3 Å². The van der Waals surface area contributed by atoms with Crippen LogP contribution in [0.5, 0.6) is 0 Å². The van der Waals surface area contributed by atoms with Gasteiger partial charge in [0.15, 0.2) is 4.80 Å². The molecule has 3 aromatic rings. The lowest BCUT2D eigenvalue weighted by atomic mass is 10.2. The number of fused-ring (bicyclic) bond motifs is 1. The molecule has 0 aliphatic carbocycles. The Morgan fingerprint density at radius 2 is 1.71 bits per heavy atom. The standard InChI is InChI=1S/C24H23N3O6S/c1-3-33-23(31)16-6-9-18-19(14-16)34-24(26(18)12-13-32-2)25-22(30)15-4-7-17(8-5-15)27-20(28)10-11-21(27)29/h4-9,14H,3,10-13H2,1-2H3. The zero-order chi connectivity index (χ0) is 24.2. The van der Waals surface area contributed by atoms with Crippen molar-refractivity contribution >= 4 is 50.9 Å². The summed E-state index contributed by atoms with van der Waals surface area (Å²) in [6, 6.07) is 11.4. The Labute approximate surface area is 199 Å². The number of anilines is 1. The summed E-state index contributed by atoms with van der Waals surface area (Å²) in [5.74, 6) is -1.37. The molecule has 34 heavy (non-hydrogen) atoms. The van der Waals surface area contributed by atoms with Crippen molar-refractivity contribution in [3.05, 3.63) is 58.4 Å². The molecule has 2 aromatic carbocycles. The summed E-state index contributed by atoms with van der Waals surface area (Å²) < 4.78 is 12.9. The topological polar surface area (TPSA) is 107 Å². The number of hydrogen-bond donors (Lipinski definition) is 0. The summed E-state index contributed by atoms with van der Waals surface area (Å²) in [6.45, 7) is 2.91. The lowest BCUT2D eigenvalue weighted by Crippen LogP contribution is -2.28. The number of rotatable bonds is 7. The summed E-state index contributed by atoms with van der Waals surface area (Å²) >= 11 is 1.29. The molecule has 2 heterocycles. The third-order valence-corrected chi connectivity index (χ3v) is 6.38. The van der Waals surface area contributed by atoms with Gasteiger partial charge in [0.05, 0.1) is 34.7 Å². The molecule has 0 unspecified atom stereocenters. The van der Waals surface area contributed by atoms with Crippen LogP contribution in [-0.4, -0.2) is 48.6 Å². The quantitative estimate of drug-likeness (QED) is 0.379. The normalized spacial score (nSPS) is 14.3. The van der Waals surface area contributed by atoms with Crippen molar-refractivity contribution in [1.29, 1.82) is 0 Å². The van der Waals surface area contributed by atoms with Gasteiger partial charge >= 0.3 is 5.97 Å². The summed E-state index contributed by atoms with van der Waals surface area (Å²) in [6.07, 6.45) is 0.389. The largest absolute Gasteiger partial charge is 0.462 e. The second-order valence-electron chi connectivity index (χ2n) is 7.52. The smallest absolute Gasteiger partial charge is 0.338 e. The molecule has 4 rings (SSSR count). The molecule has 0 spiro atoms. The van der Waals surface area contributed by atoms with Gasteiger partial charge in [0, 0.05) is 32.1 Å². The first-order chi connectivity index (χ1) is 16.4. The average molecular weight is 482 g/mol. The molecule has 176 valence electrons. The highest BCUT2D eigenvalue weighted by Gasteiger charge is 2.30. The number of ether oxygens (including phenoxy) is 2.